The van der Waals surface area contributed by atoms with Crippen molar-refractivity contribution in [2.24, 2.45) is 0 Å². The number of hydrogen-bond donors (Lipinski definition) is 2. The van der Waals surface area contributed by atoms with Crippen LogP contribution in [0.2, 0.25) is 0 Å². The molecular formula is C11H15BrN4O. The fourth-order valence-electron chi connectivity index (χ4n) is 1.43. The smallest absolute Gasteiger partial charge is 0.155 e. The maximum atomic E-state index is 9.18. The molecule has 0 saturated heterocycles. The molecule has 0 aliphatic carbocycles. The van der Waals surface area contributed by atoms with E-state index in [0.717, 1.165) is 15.9 Å². The van der Waals surface area contributed by atoms with E-state index in [1.807, 2.05) is 30.6 Å². The summed E-state index contributed by atoms with van der Waals surface area (Å²) in [5.74, 6) is 0. The van der Waals surface area contributed by atoms with Crippen LogP contribution in [0.3, 0.4) is 0 Å². The van der Waals surface area contributed by atoms with Crippen molar-refractivity contribution < 1.29 is 5.11 Å². The van der Waals surface area contributed by atoms with Crippen LogP contribution in [-0.2, 0) is 6.54 Å². The fourth-order valence-corrected chi connectivity index (χ4v) is 1.74. The van der Waals surface area contributed by atoms with Crippen LogP contribution in [0.15, 0.2) is 23.2 Å². The maximum absolute atomic E-state index is 9.18. The highest BCUT2D eigenvalue weighted by atomic mass is 79.9. The Morgan fingerprint density at radius 1 is 1.41 bits per heavy atom. The Hall–Kier alpha value is -0.980. The number of imidazole rings is 1. The summed E-state index contributed by atoms with van der Waals surface area (Å²) in [6.45, 7) is 4.64. The van der Waals surface area contributed by atoms with Crippen LogP contribution in [0.5, 0.6) is 0 Å². The molecule has 0 unspecified atom stereocenters. The molecule has 0 aromatic carbocycles. The number of aromatic nitrogens is 3. The van der Waals surface area contributed by atoms with Crippen molar-refractivity contribution in [2.45, 2.75) is 25.9 Å². The van der Waals surface area contributed by atoms with E-state index in [4.69, 9.17) is 0 Å². The lowest BCUT2D eigenvalue weighted by Crippen LogP contribution is -2.42. The summed E-state index contributed by atoms with van der Waals surface area (Å²) in [6.07, 6.45) is 5.40. The fraction of sp³-hybridized carbons (Fsp3) is 0.455. The monoisotopic (exact) mass is 298 g/mol. The van der Waals surface area contributed by atoms with Gasteiger partial charge in [0.1, 0.15) is 4.60 Å². The number of halogens is 1. The van der Waals surface area contributed by atoms with Crippen LogP contribution >= 0.6 is 15.9 Å². The molecule has 0 atom stereocenters. The molecule has 0 aliphatic heterocycles. The molecule has 2 N–H and O–H groups in total. The largest absolute Gasteiger partial charge is 0.394 e. The molecule has 0 bridgehead atoms. The van der Waals surface area contributed by atoms with Gasteiger partial charge in [-0.05, 0) is 29.8 Å². The first-order chi connectivity index (χ1) is 8.02. The van der Waals surface area contributed by atoms with Gasteiger partial charge < -0.3 is 10.4 Å². The van der Waals surface area contributed by atoms with Gasteiger partial charge in [-0.25, -0.2) is 9.97 Å². The van der Waals surface area contributed by atoms with Crippen LogP contribution in [-0.4, -0.2) is 31.6 Å². The second-order valence-corrected chi connectivity index (χ2v) is 5.40. The lowest BCUT2D eigenvalue weighted by Gasteiger charge is -2.23. The van der Waals surface area contributed by atoms with E-state index in [1.165, 1.54) is 0 Å². The van der Waals surface area contributed by atoms with Gasteiger partial charge in [0.05, 0.1) is 24.7 Å². The molecule has 0 saturated carbocycles. The molecule has 6 heteroatoms. The van der Waals surface area contributed by atoms with E-state index in [1.54, 1.807) is 6.20 Å². The number of hydrogen-bond acceptors (Lipinski definition) is 4. The topological polar surface area (TPSA) is 62.5 Å². The molecule has 0 fully saturated rings. The van der Waals surface area contributed by atoms with Crippen molar-refractivity contribution in [3.05, 3.63) is 28.9 Å². The van der Waals surface area contributed by atoms with Gasteiger partial charge in [-0.1, -0.05) is 0 Å². The van der Waals surface area contributed by atoms with Gasteiger partial charge in [-0.2, -0.15) is 0 Å². The Morgan fingerprint density at radius 2 is 2.18 bits per heavy atom. The van der Waals surface area contributed by atoms with Crippen LogP contribution in [0.25, 0.3) is 5.65 Å². The first kappa shape index (κ1) is 12.5. The Morgan fingerprint density at radius 3 is 2.88 bits per heavy atom. The summed E-state index contributed by atoms with van der Waals surface area (Å²) in [6, 6.07) is 0. The van der Waals surface area contributed by atoms with Crippen LogP contribution < -0.4 is 5.32 Å². The minimum Gasteiger partial charge on any atom is -0.394 e. The SMILES string of the molecule is CC(C)(CO)NCc1cnc2cnc(Br)cn12. The van der Waals surface area contributed by atoms with Gasteiger partial charge >= 0.3 is 0 Å². The Labute approximate surface area is 108 Å². The summed E-state index contributed by atoms with van der Waals surface area (Å²) in [5, 5.41) is 12.5. The molecule has 5 nitrogen and oxygen atoms in total. The number of aliphatic hydroxyl groups excluding tert-OH is 1. The zero-order valence-corrected chi connectivity index (χ0v) is 11.4. The zero-order chi connectivity index (χ0) is 12.5. The van der Waals surface area contributed by atoms with E-state index in [0.29, 0.717) is 6.54 Å². The molecule has 0 spiro atoms. The lowest BCUT2D eigenvalue weighted by atomic mass is 10.1. The minimum absolute atomic E-state index is 0.0922. The number of rotatable bonds is 4. The number of fused-ring (bicyclic) bond motifs is 1. The number of nitrogens with one attached hydrogen (secondary N) is 1. The third-order valence-corrected chi connectivity index (χ3v) is 2.99. The van der Waals surface area contributed by atoms with Gasteiger partial charge in [0, 0.05) is 18.3 Å². The summed E-state index contributed by atoms with van der Waals surface area (Å²) < 4.78 is 2.74. The van der Waals surface area contributed by atoms with Crippen LogP contribution in [0.1, 0.15) is 19.5 Å². The molecule has 2 aromatic heterocycles. The summed E-state index contributed by atoms with van der Waals surface area (Å²) in [7, 11) is 0. The van der Waals surface area contributed by atoms with Crippen molar-refractivity contribution in [1.29, 1.82) is 0 Å². The summed E-state index contributed by atoms with van der Waals surface area (Å²) in [4.78, 5) is 8.38. The minimum atomic E-state index is -0.297. The number of aliphatic hydroxyl groups is 1. The summed E-state index contributed by atoms with van der Waals surface area (Å²) >= 11 is 3.34. The third kappa shape index (κ3) is 2.83. The Balaban J connectivity index is 2.22. The van der Waals surface area contributed by atoms with Gasteiger partial charge in [-0.15, -0.1) is 0 Å². The second kappa shape index (κ2) is 4.72. The van der Waals surface area contributed by atoms with Crippen molar-refractivity contribution in [3.8, 4) is 0 Å². The first-order valence-electron chi connectivity index (χ1n) is 5.35. The molecular weight excluding hydrogens is 284 g/mol. The quantitative estimate of drug-likeness (QED) is 0.894. The molecule has 0 radical (unpaired) electrons. The second-order valence-electron chi connectivity index (χ2n) is 4.58. The van der Waals surface area contributed by atoms with Crippen molar-refractivity contribution >= 4 is 21.6 Å². The Bertz CT molecular complexity index is 523. The molecule has 2 heterocycles. The summed E-state index contributed by atoms with van der Waals surface area (Å²) in [5.41, 5.74) is 1.55. The molecule has 2 aromatic rings. The van der Waals surface area contributed by atoms with Crippen LogP contribution in [0, 0.1) is 0 Å². The molecule has 2 rings (SSSR count). The molecule has 0 amide bonds. The lowest BCUT2D eigenvalue weighted by molar-refractivity contribution is 0.187. The van der Waals surface area contributed by atoms with Crippen molar-refractivity contribution in [1.82, 2.24) is 19.7 Å². The third-order valence-electron chi connectivity index (χ3n) is 2.58. The van der Waals surface area contributed by atoms with Gasteiger partial charge in [0.2, 0.25) is 0 Å². The highest BCUT2D eigenvalue weighted by Crippen LogP contribution is 2.11. The highest BCUT2D eigenvalue weighted by Gasteiger charge is 2.16. The molecule has 92 valence electrons. The maximum Gasteiger partial charge on any atom is 0.155 e. The average molecular weight is 299 g/mol. The molecule has 17 heavy (non-hydrogen) atoms. The van der Waals surface area contributed by atoms with Gasteiger partial charge in [0.25, 0.3) is 0 Å². The predicted molar refractivity (Wildman–Crippen MR) is 68.7 cm³/mol. The average Bonchev–Trinajstić information content (AvgIpc) is 2.69. The van der Waals surface area contributed by atoms with E-state index in [9.17, 15) is 5.11 Å². The van der Waals surface area contributed by atoms with Gasteiger partial charge in [0.15, 0.2) is 5.65 Å². The van der Waals surface area contributed by atoms with E-state index in [-0.39, 0.29) is 12.1 Å². The zero-order valence-electron chi connectivity index (χ0n) is 9.81. The Kier molecular flexibility index (Phi) is 3.46. The van der Waals surface area contributed by atoms with E-state index < -0.39 is 0 Å². The van der Waals surface area contributed by atoms with E-state index in [2.05, 4.69) is 31.2 Å². The first-order valence-corrected chi connectivity index (χ1v) is 6.14. The normalized spacial score (nSPS) is 12.2. The molecule has 0 aliphatic rings. The van der Waals surface area contributed by atoms with Crippen LogP contribution in [0.4, 0.5) is 0 Å². The van der Waals surface area contributed by atoms with Gasteiger partial charge in [-0.3, -0.25) is 4.40 Å². The van der Waals surface area contributed by atoms with Crippen molar-refractivity contribution in [3.63, 3.8) is 0 Å². The standard InChI is InChI=1S/C11H15BrN4O/c1-11(2,7-17)15-4-8-3-14-10-5-13-9(12)6-16(8)10/h3,5-6,15,17H,4,7H2,1-2H3. The van der Waals surface area contributed by atoms with Crippen molar-refractivity contribution in [2.75, 3.05) is 6.61 Å². The predicted octanol–water partition coefficient (Wildman–Crippen LogP) is 1.35. The highest BCUT2D eigenvalue weighted by molar-refractivity contribution is 9.10. The number of nitrogens with zero attached hydrogens (tertiary/aromatic N) is 3. The van der Waals surface area contributed by atoms with E-state index >= 15 is 0 Å².